The molecule has 1 aromatic rings. The van der Waals surface area contributed by atoms with Gasteiger partial charge in [-0.3, -0.25) is 9.88 Å². The van der Waals surface area contributed by atoms with E-state index in [1.165, 1.54) is 17.3 Å². The van der Waals surface area contributed by atoms with E-state index < -0.39 is 23.8 Å². The zero-order valence-electron chi connectivity index (χ0n) is 12.2. The number of nitrogens with zero attached hydrogens (tertiary/aromatic N) is 2. The molecule has 0 spiro atoms. The quantitative estimate of drug-likeness (QED) is 0.805. The smallest absolute Gasteiger partial charge is 0.410 e. The van der Waals surface area contributed by atoms with Crippen molar-refractivity contribution in [3.05, 3.63) is 22.4 Å². The van der Waals surface area contributed by atoms with E-state index in [4.69, 9.17) is 4.74 Å². The highest BCUT2D eigenvalue weighted by Crippen LogP contribution is 2.39. The van der Waals surface area contributed by atoms with E-state index in [9.17, 15) is 15.0 Å². The third-order valence-corrected chi connectivity index (χ3v) is 3.75. The molecule has 1 amide bonds. The standard InChI is InChI=1S/C14H19BrN2O4/c1-14(2,3)21-13(20)17-7-8(18)4-11(17)9-5-16-6-10(15)12(9)19/h5-6,8,11,18H,4,7H2,1-3H3,(H,16,19)/t8-,11+/m1/s1. The number of carbonyl (C=O) groups is 1. The molecule has 2 rings (SSSR count). The molecule has 2 atom stereocenters. The summed E-state index contributed by atoms with van der Waals surface area (Å²) in [7, 11) is 0. The summed E-state index contributed by atoms with van der Waals surface area (Å²) in [5.41, 5.74) is -0.126. The number of hydrogen-bond donors (Lipinski definition) is 2. The minimum absolute atomic E-state index is 0.0256. The van der Waals surface area contributed by atoms with Crippen LogP contribution < -0.4 is 0 Å². The van der Waals surface area contributed by atoms with Crippen LogP contribution in [0.1, 0.15) is 38.8 Å². The number of pyridine rings is 1. The van der Waals surface area contributed by atoms with Crippen molar-refractivity contribution in [3.8, 4) is 5.75 Å². The minimum atomic E-state index is -0.652. The van der Waals surface area contributed by atoms with E-state index in [0.29, 0.717) is 16.5 Å². The van der Waals surface area contributed by atoms with Crippen molar-refractivity contribution in [1.29, 1.82) is 0 Å². The van der Waals surface area contributed by atoms with E-state index in [-0.39, 0.29) is 12.3 Å². The Labute approximate surface area is 131 Å². The van der Waals surface area contributed by atoms with Crippen LogP contribution in [0.5, 0.6) is 5.75 Å². The summed E-state index contributed by atoms with van der Waals surface area (Å²) in [5.74, 6) is 0.0256. The lowest BCUT2D eigenvalue weighted by Gasteiger charge is -2.28. The molecule has 0 saturated carbocycles. The number of aliphatic hydroxyl groups excluding tert-OH is 1. The van der Waals surface area contributed by atoms with Gasteiger partial charge in [-0.05, 0) is 43.1 Å². The Morgan fingerprint density at radius 2 is 2.14 bits per heavy atom. The highest BCUT2D eigenvalue weighted by molar-refractivity contribution is 9.10. The van der Waals surface area contributed by atoms with Crippen LogP contribution >= 0.6 is 15.9 Å². The fourth-order valence-corrected chi connectivity index (χ4v) is 2.67. The number of likely N-dealkylation sites (tertiary alicyclic amines) is 1. The first kappa shape index (κ1) is 16.0. The Bertz CT molecular complexity index is 544. The number of aromatic hydroxyl groups is 1. The molecule has 1 saturated heterocycles. The second-order valence-electron chi connectivity index (χ2n) is 6.10. The van der Waals surface area contributed by atoms with Crippen LogP contribution in [-0.4, -0.2) is 44.4 Å². The molecule has 0 bridgehead atoms. The summed E-state index contributed by atoms with van der Waals surface area (Å²) in [6.45, 7) is 5.52. The third-order valence-electron chi connectivity index (χ3n) is 3.17. The molecule has 0 aliphatic carbocycles. The van der Waals surface area contributed by atoms with Crippen molar-refractivity contribution < 1.29 is 19.7 Å². The molecule has 21 heavy (non-hydrogen) atoms. The number of β-amino-alcohol motifs (C(OH)–C–C–N with tert-alkyl or cyclic N) is 1. The maximum atomic E-state index is 12.3. The van der Waals surface area contributed by atoms with E-state index in [2.05, 4.69) is 20.9 Å². The molecule has 6 nitrogen and oxygen atoms in total. The zero-order valence-corrected chi connectivity index (χ0v) is 13.8. The molecule has 2 N–H and O–H groups in total. The molecule has 7 heteroatoms. The topological polar surface area (TPSA) is 82.9 Å². The van der Waals surface area contributed by atoms with Crippen molar-refractivity contribution in [2.24, 2.45) is 0 Å². The second kappa shape index (κ2) is 5.81. The Morgan fingerprint density at radius 3 is 2.76 bits per heavy atom. The van der Waals surface area contributed by atoms with Gasteiger partial charge in [0.25, 0.3) is 0 Å². The third kappa shape index (κ3) is 3.65. The number of hydrogen-bond acceptors (Lipinski definition) is 5. The lowest BCUT2D eigenvalue weighted by molar-refractivity contribution is 0.0205. The number of carbonyl (C=O) groups excluding carboxylic acids is 1. The van der Waals surface area contributed by atoms with E-state index >= 15 is 0 Å². The van der Waals surface area contributed by atoms with Crippen LogP contribution in [0.15, 0.2) is 16.9 Å². The monoisotopic (exact) mass is 358 g/mol. The van der Waals surface area contributed by atoms with Crippen molar-refractivity contribution in [2.75, 3.05) is 6.54 Å². The lowest BCUT2D eigenvalue weighted by atomic mass is 10.1. The van der Waals surface area contributed by atoms with E-state index in [1.54, 1.807) is 20.8 Å². The van der Waals surface area contributed by atoms with Crippen LogP contribution in [0.4, 0.5) is 4.79 Å². The second-order valence-corrected chi connectivity index (χ2v) is 6.95. The summed E-state index contributed by atoms with van der Waals surface area (Å²) in [5, 5.41) is 20.0. The first-order valence-electron chi connectivity index (χ1n) is 6.69. The molecule has 1 aliphatic rings. The van der Waals surface area contributed by atoms with Crippen LogP contribution in [0.3, 0.4) is 0 Å². The lowest BCUT2D eigenvalue weighted by Crippen LogP contribution is -2.37. The van der Waals surface area contributed by atoms with Gasteiger partial charge in [0.1, 0.15) is 11.4 Å². The average Bonchev–Trinajstić information content (AvgIpc) is 2.73. The maximum Gasteiger partial charge on any atom is 0.410 e. The molecular formula is C14H19BrN2O4. The van der Waals surface area contributed by atoms with E-state index in [1.807, 2.05) is 0 Å². The molecule has 116 valence electrons. The fraction of sp³-hybridized carbons (Fsp3) is 0.571. The molecule has 1 fully saturated rings. The number of ether oxygens (including phenoxy) is 1. The molecule has 0 unspecified atom stereocenters. The van der Waals surface area contributed by atoms with Crippen LogP contribution in [0, 0.1) is 0 Å². The molecule has 1 aliphatic heterocycles. The molecule has 2 heterocycles. The zero-order chi connectivity index (χ0) is 15.8. The molecule has 1 aromatic heterocycles. The van der Waals surface area contributed by atoms with Crippen molar-refractivity contribution in [2.45, 2.75) is 44.9 Å². The van der Waals surface area contributed by atoms with Gasteiger partial charge in [-0.25, -0.2) is 4.79 Å². The van der Waals surface area contributed by atoms with Gasteiger partial charge in [0.2, 0.25) is 0 Å². The van der Waals surface area contributed by atoms with Gasteiger partial charge in [0, 0.05) is 18.0 Å². The van der Waals surface area contributed by atoms with Crippen LogP contribution in [0.2, 0.25) is 0 Å². The number of amides is 1. The SMILES string of the molecule is CC(C)(C)OC(=O)N1C[C@H](O)C[C@H]1c1cncc(Br)c1O. The Morgan fingerprint density at radius 1 is 1.48 bits per heavy atom. The highest BCUT2D eigenvalue weighted by Gasteiger charge is 2.39. The maximum absolute atomic E-state index is 12.3. The van der Waals surface area contributed by atoms with Gasteiger partial charge < -0.3 is 14.9 Å². The summed E-state index contributed by atoms with van der Waals surface area (Å²) in [4.78, 5) is 17.7. The molecular weight excluding hydrogens is 340 g/mol. The van der Waals surface area contributed by atoms with Gasteiger partial charge in [0.15, 0.2) is 0 Å². The summed E-state index contributed by atoms with van der Waals surface area (Å²) in [6.07, 6.45) is 2.15. The Kier molecular flexibility index (Phi) is 4.43. The normalized spacial score (nSPS) is 22.4. The largest absolute Gasteiger partial charge is 0.506 e. The van der Waals surface area contributed by atoms with Crippen molar-refractivity contribution >= 4 is 22.0 Å². The van der Waals surface area contributed by atoms with Gasteiger partial charge in [-0.2, -0.15) is 0 Å². The van der Waals surface area contributed by atoms with Crippen molar-refractivity contribution in [1.82, 2.24) is 9.88 Å². The van der Waals surface area contributed by atoms with Gasteiger partial charge in [0.05, 0.1) is 23.2 Å². The number of aromatic nitrogens is 1. The summed E-state index contributed by atoms with van der Waals surface area (Å²) >= 11 is 3.20. The predicted octanol–water partition coefficient (Wildman–Crippen LogP) is 2.59. The first-order valence-corrected chi connectivity index (χ1v) is 7.48. The first-order chi connectivity index (χ1) is 9.69. The van der Waals surface area contributed by atoms with Gasteiger partial charge in [-0.15, -0.1) is 0 Å². The van der Waals surface area contributed by atoms with Crippen LogP contribution in [-0.2, 0) is 4.74 Å². The van der Waals surface area contributed by atoms with Gasteiger partial charge >= 0.3 is 6.09 Å². The average molecular weight is 359 g/mol. The Balaban J connectivity index is 2.29. The minimum Gasteiger partial charge on any atom is -0.506 e. The molecule has 0 aromatic carbocycles. The highest BCUT2D eigenvalue weighted by atomic mass is 79.9. The summed E-state index contributed by atoms with van der Waals surface area (Å²) in [6, 6.07) is -0.458. The fourth-order valence-electron chi connectivity index (χ4n) is 2.32. The number of aliphatic hydroxyl groups is 1. The van der Waals surface area contributed by atoms with Gasteiger partial charge in [-0.1, -0.05) is 0 Å². The van der Waals surface area contributed by atoms with E-state index in [0.717, 1.165) is 0 Å². The number of halogens is 1. The molecule has 0 radical (unpaired) electrons. The Hall–Kier alpha value is -1.34. The van der Waals surface area contributed by atoms with Crippen molar-refractivity contribution in [3.63, 3.8) is 0 Å². The predicted molar refractivity (Wildman–Crippen MR) is 79.9 cm³/mol. The summed E-state index contributed by atoms with van der Waals surface area (Å²) < 4.78 is 5.80. The number of rotatable bonds is 1. The van der Waals surface area contributed by atoms with Crippen LogP contribution in [0.25, 0.3) is 0 Å².